The van der Waals surface area contributed by atoms with Gasteiger partial charge < -0.3 is 25.0 Å². The summed E-state index contributed by atoms with van der Waals surface area (Å²) < 4.78 is 15.9. The van der Waals surface area contributed by atoms with Crippen LogP contribution in [-0.2, 0) is 11.3 Å². The monoisotopic (exact) mass is 510 g/mol. The highest BCUT2D eigenvalue weighted by Gasteiger charge is 2.30. The van der Waals surface area contributed by atoms with E-state index in [4.69, 9.17) is 0 Å². The van der Waals surface area contributed by atoms with Crippen molar-refractivity contribution in [3.05, 3.63) is 42.2 Å². The number of pyridine rings is 1. The fourth-order valence-electron chi connectivity index (χ4n) is 6.61. The number of likely N-dealkylation sites (tertiary alicyclic amines) is 1. The van der Waals surface area contributed by atoms with Crippen molar-refractivity contribution in [1.29, 1.82) is 0 Å². The van der Waals surface area contributed by atoms with E-state index in [1.54, 1.807) is 0 Å². The Labute approximate surface area is 220 Å². The van der Waals surface area contributed by atoms with E-state index in [1.165, 1.54) is 57.2 Å². The fraction of sp³-hybridized carbons (Fsp3) is 0.655. The summed E-state index contributed by atoms with van der Waals surface area (Å²) in [5.74, 6) is 0.239. The Balaban J connectivity index is 1.24. The number of carbonyl (C=O) groups is 1. The molecule has 202 valence electrons. The first-order chi connectivity index (χ1) is 18.0. The van der Waals surface area contributed by atoms with Crippen molar-refractivity contribution < 1.29 is 9.18 Å². The molecule has 2 fully saturated rings. The molecule has 2 atom stereocenters. The van der Waals surface area contributed by atoms with Gasteiger partial charge in [-0.2, -0.15) is 4.39 Å². The van der Waals surface area contributed by atoms with Gasteiger partial charge in [0.2, 0.25) is 11.9 Å². The molecule has 4 heterocycles. The molecule has 2 N–H and O–H groups in total. The van der Waals surface area contributed by atoms with Gasteiger partial charge >= 0.3 is 0 Å². The summed E-state index contributed by atoms with van der Waals surface area (Å²) in [6.07, 6.45) is 12.7. The SMILES string of the molecule is CN(C)C1CCN(C[C@@H](NC(=O)C[C@H]2CNCc3cc(-c4ccnc(F)c4)cn32)C2CCCCC2)CC1. The number of nitrogens with zero attached hydrogens (tertiary/aromatic N) is 4. The average Bonchev–Trinajstić information content (AvgIpc) is 3.35. The molecule has 0 aromatic carbocycles. The summed E-state index contributed by atoms with van der Waals surface area (Å²) in [5, 5.41) is 6.97. The third-order valence-electron chi connectivity index (χ3n) is 8.80. The number of aromatic nitrogens is 2. The summed E-state index contributed by atoms with van der Waals surface area (Å²) in [6, 6.07) is 6.32. The van der Waals surface area contributed by atoms with Crippen LogP contribution in [0.3, 0.4) is 0 Å². The van der Waals surface area contributed by atoms with Gasteiger partial charge in [0.25, 0.3) is 0 Å². The van der Waals surface area contributed by atoms with Crippen LogP contribution in [0.1, 0.15) is 63.1 Å². The minimum atomic E-state index is -0.476. The minimum Gasteiger partial charge on any atom is -0.352 e. The molecule has 0 bridgehead atoms. The Bertz CT molecular complexity index is 1040. The van der Waals surface area contributed by atoms with Crippen molar-refractivity contribution >= 4 is 5.91 Å². The third kappa shape index (κ3) is 6.59. The van der Waals surface area contributed by atoms with E-state index >= 15 is 0 Å². The molecule has 0 unspecified atom stereocenters. The molecule has 1 saturated heterocycles. The standard InChI is InChI=1S/C29H43FN6O/c1-34(2)24-9-12-35(13-10-24)20-27(21-6-4-3-5-7-21)33-29(37)16-26-18-31-17-25-14-23(19-36(25)26)22-8-11-32-28(30)15-22/h8,11,14-15,19,21,24,26-27,31H,3-7,9-10,12-13,16-18,20H2,1-2H3,(H,33,37)/t26-,27+/m0/s1. The summed E-state index contributed by atoms with van der Waals surface area (Å²) in [5.41, 5.74) is 2.91. The predicted molar refractivity (Wildman–Crippen MR) is 145 cm³/mol. The summed E-state index contributed by atoms with van der Waals surface area (Å²) in [6.45, 7) is 4.69. The highest BCUT2D eigenvalue weighted by Crippen LogP contribution is 2.30. The number of nitrogens with one attached hydrogen (secondary N) is 2. The Hall–Kier alpha value is -2.29. The average molecular weight is 511 g/mol. The Kier molecular flexibility index (Phi) is 8.57. The quantitative estimate of drug-likeness (QED) is 0.529. The number of piperidine rings is 1. The molecule has 37 heavy (non-hydrogen) atoms. The number of carbonyl (C=O) groups excluding carboxylic acids is 1. The third-order valence-corrected chi connectivity index (χ3v) is 8.80. The maximum Gasteiger partial charge on any atom is 0.222 e. The summed E-state index contributed by atoms with van der Waals surface area (Å²) in [4.78, 5) is 22.0. The zero-order valence-electron chi connectivity index (χ0n) is 22.5. The Morgan fingerprint density at radius 2 is 1.95 bits per heavy atom. The van der Waals surface area contributed by atoms with Gasteiger partial charge in [-0.1, -0.05) is 19.3 Å². The lowest BCUT2D eigenvalue weighted by atomic mass is 9.83. The number of rotatable bonds is 8. The van der Waals surface area contributed by atoms with Crippen LogP contribution in [0.2, 0.25) is 0 Å². The molecule has 0 spiro atoms. The van der Waals surface area contributed by atoms with E-state index in [1.807, 2.05) is 6.07 Å². The smallest absolute Gasteiger partial charge is 0.222 e. The molecule has 2 aromatic heterocycles. The lowest BCUT2D eigenvalue weighted by Crippen LogP contribution is -2.52. The van der Waals surface area contributed by atoms with Crippen LogP contribution in [0.5, 0.6) is 0 Å². The van der Waals surface area contributed by atoms with Gasteiger partial charge in [0.05, 0.1) is 6.04 Å². The van der Waals surface area contributed by atoms with Crippen LogP contribution < -0.4 is 10.6 Å². The second kappa shape index (κ2) is 12.0. The van der Waals surface area contributed by atoms with Crippen molar-refractivity contribution in [1.82, 2.24) is 30.0 Å². The molecule has 3 aliphatic rings. The van der Waals surface area contributed by atoms with Gasteiger partial charge in [-0.15, -0.1) is 0 Å². The van der Waals surface area contributed by atoms with Gasteiger partial charge in [-0.05, 0) is 82.0 Å². The van der Waals surface area contributed by atoms with E-state index in [-0.39, 0.29) is 18.0 Å². The van der Waals surface area contributed by atoms with Crippen LogP contribution in [-0.4, -0.2) is 77.6 Å². The molecule has 2 aliphatic heterocycles. The molecular weight excluding hydrogens is 467 g/mol. The van der Waals surface area contributed by atoms with E-state index in [0.717, 1.165) is 49.5 Å². The van der Waals surface area contributed by atoms with Crippen molar-refractivity contribution in [2.24, 2.45) is 5.92 Å². The zero-order valence-corrected chi connectivity index (χ0v) is 22.5. The van der Waals surface area contributed by atoms with Gasteiger partial charge in [0.15, 0.2) is 0 Å². The molecule has 8 heteroatoms. The predicted octanol–water partition coefficient (Wildman–Crippen LogP) is 3.81. The first-order valence-electron chi connectivity index (χ1n) is 14.2. The zero-order chi connectivity index (χ0) is 25.8. The second-order valence-corrected chi connectivity index (χ2v) is 11.6. The molecule has 2 aromatic rings. The van der Waals surface area contributed by atoms with Crippen LogP contribution in [0.4, 0.5) is 4.39 Å². The Morgan fingerprint density at radius 3 is 2.68 bits per heavy atom. The second-order valence-electron chi connectivity index (χ2n) is 11.6. The highest BCUT2D eigenvalue weighted by atomic mass is 19.1. The van der Waals surface area contributed by atoms with E-state index in [0.29, 0.717) is 18.4 Å². The molecule has 1 aliphatic carbocycles. The number of hydrogen-bond acceptors (Lipinski definition) is 5. The maximum atomic E-state index is 13.7. The largest absolute Gasteiger partial charge is 0.352 e. The number of amides is 1. The molecule has 0 radical (unpaired) electrons. The normalized spacial score (nSPS) is 22.6. The van der Waals surface area contributed by atoms with Crippen molar-refractivity contribution in [2.45, 2.75) is 76.0 Å². The summed E-state index contributed by atoms with van der Waals surface area (Å²) in [7, 11) is 4.36. The first-order valence-corrected chi connectivity index (χ1v) is 14.2. The molecule has 1 amide bonds. The Morgan fingerprint density at radius 1 is 1.16 bits per heavy atom. The summed E-state index contributed by atoms with van der Waals surface area (Å²) >= 11 is 0. The molecule has 5 rings (SSSR count). The number of halogens is 1. The van der Waals surface area contributed by atoms with E-state index in [2.05, 4.69) is 56.3 Å². The number of hydrogen-bond donors (Lipinski definition) is 2. The van der Waals surface area contributed by atoms with E-state index in [9.17, 15) is 9.18 Å². The van der Waals surface area contributed by atoms with Gasteiger partial charge in [-0.25, -0.2) is 4.98 Å². The lowest BCUT2D eigenvalue weighted by molar-refractivity contribution is -0.123. The first kappa shape index (κ1) is 26.3. The van der Waals surface area contributed by atoms with Crippen molar-refractivity contribution in [3.8, 4) is 11.1 Å². The van der Waals surface area contributed by atoms with Crippen LogP contribution in [0.25, 0.3) is 11.1 Å². The van der Waals surface area contributed by atoms with Crippen molar-refractivity contribution in [3.63, 3.8) is 0 Å². The van der Waals surface area contributed by atoms with Crippen molar-refractivity contribution in [2.75, 3.05) is 40.3 Å². The van der Waals surface area contributed by atoms with Gasteiger partial charge in [-0.3, -0.25) is 4.79 Å². The number of fused-ring (bicyclic) bond motifs is 1. The fourth-order valence-corrected chi connectivity index (χ4v) is 6.61. The van der Waals surface area contributed by atoms with Gasteiger partial charge in [0, 0.05) is 62.3 Å². The van der Waals surface area contributed by atoms with Crippen LogP contribution in [0.15, 0.2) is 30.6 Å². The van der Waals surface area contributed by atoms with E-state index < -0.39 is 5.95 Å². The van der Waals surface area contributed by atoms with Crippen LogP contribution in [0, 0.1) is 11.9 Å². The molecule has 7 nitrogen and oxygen atoms in total. The lowest BCUT2D eigenvalue weighted by Gasteiger charge is -2.39. The van der Waals surface area contributed by atoms with Gasteiger partial charge in [0.1, 0.15) is 0 Å². The molecule has 1 saturated carbocycles. The van der Waals surface area contributed by atoms with Crippen LogP contribution >= 0.6 is 0 Å². The highest BCUT2D eigenvalue weighted by molar-refractivity contribution is 5.77. The molecular formula is C29H43FN6O. The topological polar surface area (TPSA) is 65.4 Å². The maximum absolute atomic E-state index is 13.7. The minimum absolute atomic E-state index is 0.0482.